The van der Waals surface area contributed by atoms with Gasteiger partial charge in [-0.1, -0.05) is 49.7 Å². The zero-order valence-electron chi connectivity index (χ0n) is 24.6. The van der Waals surface area contributed by atoms with E-state index in [1.165, 1.54) is 17.0 Å². The lowest BCUT2D eigenvalue weighted by molar-refractivity contribution is -0.109. The standard InChI is InChI=1S/C31H37ClFN7O2/c1-7-8-14-39(21(5)16-36-17-41)30(35-6)23-15-24(32)27(28-25(33)12-13-26(34)37-28)38-31(23)40(18-42)29-20(4)10-9-11-22(29)19(2)3/h7,9-13,15,17-19,21H,1,8,14,16H2,2-6H3,(H2,34,37)(H,36,41). The van der Waals surface area contributed by atoms with E-state index in [0.29, 0.717) is 49.4 Å². The third kappa shape index (κ3) is 6.94. The van der Waals surface area contributed by atoms with E-state index < -0.39 is 5.82 Å². The van der Waals surface area contributed by atoms with Gasteiger partial charge in [-0.15, -0.1) is 6.58 Å². The van der Waals surface area contributed by atoms with Gasteiger partial charge in [0.15, 0.2) is 11.6 Å². The molecule has 11 heteroatoms. The molecule has 0 bridgehead atoms. The summed E-state index contributed by atoms with van der Waals surface area (Å²) < 4.78 is 15.0. The molecule has 2 heterocycles. The smallest absolute Gasteiger partial charge is 0.219 e. The van der Waals surface area contributed by atoms with E-state index in [0.717, 1.165) is 11.1 Å². The summed E-state index contributed by atoms with van der Waals surface area (Å²) in [5.74, 6) is 0.151. The van der Waals surface area contributed by atoms with Gasteiger partial charge < -0.3 is 16.0 Å². The number of carbonyl (C=O) groups is 2. The zero-order chi connectivity index (χ0) is 31.0. The number of nitrogens with zero attached hydrogens (tertiary/aromatic N) is 5. The Morgan fingerprint density at radius 3 is 2.55 bits per heavy atom. The normalized spacial score (nSPS) is 12.1. The summed E-state index contributed by atoms with van der Waals surface area (Å²) in [6.07, 6.45) is 3.71. The number of nitrogens with two attached hydrogens (primary N) is 1. The maximum absolute atomic E-state index is 15.0. The van der Waals surface area contributed by atoms with Gasteiger partial charge in [0.1, 0.15) is 23.0 Å². The maximum Gasteiger partial charge on any atom is 0.219 e. The van der Waals surface area contributed by atoms with Gasteiger partial charge in [-0.25, -0.2) is 14.4 Å². The van der Waals surface area contributed by atoms with Gasteiger partial charge in [0, 0.05) is 26.2 Å². The number of aryl methyl sites for hydroxylation is 1. The lowest BCUT2D eigenvalue weighted by Gasteiger charge is -2.34. The molecule has 0 aliphatic heterocycles. The highest BCUT2D eigenvalue weighted by Gasteiger charge is 2.29. The van der Waals surface area contributed by atoms with Crippen molar-refractivity contribution in [1.29, 1.82) is 0 Å². The van der Waals surface area contributed by atoms with Gasteiger partial charge in [0.25, 0.3) is 0 Å². The molecule has 0 aliphatic carbocycles. The number of halogens is 2. The van der Waals surface area contributed by atoms with Crippen molar-refractivity contribution < 1.29 is 14.0 Å². The van der Waals surface area contributed by atoms with Gasteiger partial charge in [-0.05, 0) is 55.5 Å². The van der Waals surface area contributed by atoms with Gasteiger partial charge in [0.2, 0.25) is 12.8 Å². The topological polar surface area (TPSA) is 117 Å². The molecular formula is C31H37ClFN7O2. The third-order valence-corrected chi connectivity index (χ3v) is 7.13. The first-order valence-electron chi connectivity index (χ1n) is 13.6. The minimum absolute atomic E-state index is 0.0236. The van der Waals surface area contributed by atoms with E-state index in [-0.39, 0.29) is 40.0 Å². The third-order valence-electron chi connectivity index (χ3n) is 6.84. The number of pyridine rings is 2. The Bertz CT molecular complexity index is 1480. The molecule has 0 spiro atoms. The maximum atomic E-state index is 15.0. The van der Waals surface area contributed by atoms with Crippen LogP contribution in [0.3, 0.4) is 0 Å². The molecule has 2 aromatic heterocycles. The van der Waals surface area contributed by atoms with Crippen LogP contribution in [0.2, 0.25) is 5.02 Å². The van der Waals surface area contributed by atoms with Crippen LogP contribution < -0.4 is 16.0 Å². The van der Waals surface area contributed by atoms with Crippen molar-refractivity contribution in [2.75, 3.05) is 30.8 Å². The highest BCUT2D eigenvalue weighted by atomic mass is 35.5. The lowest BCUT2D eigenvalue weighted by atomic mass is 9.97. The molecule has 0 saturated heterocycles. The molecule has 42 heavy (non-hydrogen) atoms. The molecule has 0 saturated carbocycles. The molecule has 1 atom stereocenters. The molecule has 0 aliphatic rings. The second-order valence-electron chi connectivity index (χ2n) is 10.1. The summed E-state index contributed by atoms with van der Waals surface area (Å²) in [5.41, 5.74) is 8.60. The number of amidine groups is 1. The number of anilines is 3. The van der Waals surface area contributed by atoms with Crippen molar-refractivity contribution >= 4 is 47.6 Å². The monoisotopic (exact) mass is 593 g/mol. The number of rotatable bonds is 13. The fourth-order valence-corrected chi connectivity index (χ4v) is 5.04. The van der Waals surface area contributed by atoms with Crippen LogP contribution in [0.4, 0.5) is 21.7 Å². The fraction of sp³-hybridized carbons (Fsp3) is 0.323. The fourth-order valence-electron chi connectivity index (χ4n) is 4.80. The Morgan fingerprint density at radius 1 is 1.19 bits per heavy atom. The number of nitrogens with one attached hydrogen (secondary N) is 1. The Hall–Kier alpha value is -4.31. The molecular weight excluding hydrogens is 557 g/mol. The average molecular weight is 594 g/mol. The van der Waals surface area contributed by atoms with Crippen molar-refractivity contribution in [2.24, 2.45) is 4.99 Å². The molecule has 9 nitrogen and oxygen atoms in total. The van der Waals surface area contributed by atoms with Crippen LogP contribution in [0.25, 0.3) is 11.4 Å². The van der Waals surface area contributed by atoms with E-state index in [4.69, 9.17) is 22.3 Å². The van der Waals surface area contributed by atoms with E-state index >= 15 is 4.39 Å². The molecule has 3 aromatic rings. The molecule has 0 fully saturated rings. The van der Waals surface area contributed by atoms with Crippen LogP contribution in [0.1, 0.15) is 49.8 Å². The summed E-state index contributed by atoms with van der Waals surface area (Å²) in [7, 11) is 1.62. The Morgan fingerprint density at radius 2 is 1.93 bits per heavy atom. The molecule has 222 valence electrons. The molecule has 3 N–H and O–H groups in total. The van der Waals surface area contributed by atoms with Crippen molar-refractivity contribution in [3.8, 4) is 11.4 Å². The number of hydrogen-bond donors (Lipinski definition) is 2. The molecule has 0 radical (unpaired) electrons. The Labute approximate surface area is 251 Å². The predicted octanol–water partition coefficient (Wildman–Crippen LogP) is 5.63. The van der Waals surface area contributed by atoms with E-state index in [1.807, 2.05) is 50.8 Å². The second kappa shape index (κ2) is 14.5. The minimum atomic E-state index is -0.667. The Kier molecular flexibility index (Phi) is 11.2. The van der Waals surface area contributed by atoms with Gasteiger partial charge in [0.05, 0.1) is 16.3 Å². The quantitative estimate of drug-likeness (QED) is 0.115. The summed E-state index contributed by atoms with van der Waals surface area (Å²) in [6.45, 7) is 12.6. The number of aromatic nitrogens is 2. The summed E-state index contributed by atoms with van der Waals surface area (Å²) in [6, 6.07) is 9.73. The van der Waals surface area contributed by atoms with Crippen LogP contribution in [0, 0.1) is 12.7 Å². The summed E-state index contributed by atoms with van der Waals surface area (Å²) >= 11 is 6.78. The molecule has 1 aromatic carbocycles. The number of aliphatic imine (C=N–C) groups is 1. The first-order valence-corrected chi connectivity index (χ1v) is 14.0. The number of amides is 2. The summed E-state index contributed by atoms with van der Waals surface area (Å²) in [4.78, 5) is 41.1. The number of carbonyl (C=O) groups excluding carboxylic acids is 2. The highest BCUT2D eigenvalue weighted by molar-refractivity contribution is 6.33. The highest BCUT2D eigenvalue weighted by Crippen LogP contribution is 2.39. The number of hydrogen-bond acceptors (Lipinski definition) is 6. The number of benzene rings is 1. The molecule has 1 unspecified atom stereocenters. The van der Waals surface area contributed by atoms with Crippen molar-refractivity contribution in [3.63, 3.8) is 0 Å². The first kappa shape index (κ1) is 32.2. The van der Waals surface area contributed by atoms with Crippen LogP contribution >= 0.6 is 11.6 Å². The van der Waals surface area contributed by atoms with E-state index in [2.05, 4.69) is 21.9 Å². The van der Waals surface area contributed by atoms with Crippen molar-refractivity contribution in [2.45, 2.75) is 46.1 Å². The second-order valence-corrected chi connectivity index (χ2v) is 10.5. The van der Waals surface area contributed by atoms with Gasteiger partial charge in [-0.3, -0.25) is 19.5 Å². The van der Waals surface area contributed by atoms with E-state index in [9.17, 15) is 9.59 Å². The van der Waals surface area contributed by atoms with Gasteiger partial charge in [-0.2, -0.15) is 0 Å². The summed E-state index contributed by atoms with van der Waals surface area (Å²) in [5, 5.41) is 2.81. The van der Waals surface area contributed by atoms with Gasteiger partial charge >= 0.3 is 0 Å². The number of para-hydroxylation sites is 1. The first-order chi connectivity index (χ1) is 20.1. The molecule has 2 amide bonds. The Balaban J connectivity index is 2.41. The average Bonchev–Trinajstić information content (AvgIpc) is 2.96. The largest absolute Gasteiger partial charge is 0.384 e. The SMILES string of the molecule is C=CCCN(C(=NC)c1cc(Cl)c(-c2nc(N)ccc2F)nc1N(C=O)c1c(C)cccc1C(C)C)C(C)CNC=O. The van der Waals surface area contributed by atoms with Crippen LogP contribution in [-0.4, -0.2) is 59.7 Å². The van der Waals surface area contributed by atoms with Crippen LogP contribution in [-0.2, 0) is 9.59 Å². The number of nitrogen functional groups attached to an aromatic ring is 1. The van der Waals surface area contributed by atoms with Crippen LogP contribution in [0.5, 0.6) is 0 Å². The van der Waals surface area contributed by atoms with E-state index in [1.54, 1.807) is 19.2 Å². The minimum Gasteiger partial charge on any atom is -0.384 e. The lowest BCUT2D eigenvalue weighted by Crippen LogP contribution is -2.45. The molecule has 3 rings (SSSR count). The van der Waals surface area contributed by atoms with Crippen molar-refractivity contribution in [1.82, 2.24) is 20.2 Å². The predicted molar refractivity (Wildman–Crippen MR) is 168 cm³/mol. The van der Waals surface area contributed by atoms with Crippen molar-refractivity contribution in [3.05, 3.63) is 76.6 Å². The van der Waals surface area contributed by atoms with Crippen LogP contribution in [0.15, 0.2) is 54.0 Å². The zero-order valence-corrected chi connectivity index (χ0v) is 25.3.